The van der Waals surface area contributed by atoms with Crippen LogP contribution in [-0.2, 0) is 10.2 Å². The standard InChI is InChI=1S/C30H30N4O2/c1-18-28(20(3)36-33-18)23-12-15-25-27(17-23)34(19(2)26-9-7-8-16-31-26)32-29(25)22-10-13-24(14-11-22)30(5,6)21(4)35/h7-17,19H,1-6H3/t19-/m0/s1. The van der Waals surface area contributed by atoms with E-state index in [1.165, 1.54) is 0 Å². The topological polar surface area (TPSA) is 73.8 Å². The molecule has 0 bridgehead atoms. The molecule has 5 rings (SSSR count). The lowest BCUT2D eigenvalue weighted by atomic mass is 9.81. The number of benzene rings is 2. The summed E-state index contributed by atoms with van der Waals surface area (Å²) in [6, 6.07) is 20.4. The molecule has 0 unspecified atom stereocenters. The molecule has 6 nitrogen and oxygen atoms in total. The van der Waals surface area contributed by atoms with Gasteiger partial charge >= 0.3 is 0 Å². The number of hydrogen-bond donors (Lipinski definition) is 0. The Balaban J connectivity index is 1.69. The zero-order valence-corrected chi connectivity index (χ0v) is 21.5. The van der Waals surface area contributed by atoms with Crippen molar-refractivity contribution in [1.29, 1.82) is 0 Å². The Hall–Kier alpha value is -4.06. The molecule has 0 aliphatic rings. The third kappa shape index (κ3) is 3.92. The van der Waals surface area contributed by atoms with E-state index in [-0.39, 0.29) is 11.8 Å². The van der Waals surface area contributed by atoms with Crippen LogP contribution >= 0.6 is 0 Å². The maximum absolute atomic E-state index is 12.2. The van der Waals surface area contributed by atoms with Crippen LogP contribution in [-0.4, -0.2) is 25.7 Å². The van der Waals surface area contributed by atoms with Gasteiger partial charge in [0.15, 0.2) is 0 Å². The maximum atomic E-state index is 12.2. The molecule has 36 heavy (non-hydrogen) atoms. The van der Waals surface area contributed by atoms with E-state index in [1.54, 1.807) is 6.92 Å². The van der Waals surface area contributed by atoms with Crippen molar-refractivity contribution in [1.82, 2.24) is 19.9 Å². The third-order valence-corrected chi connectivity index (χ3v) is 7.27. The molecular weight excluding hydrogens is 448 g/mol. The smallest absolute Gasteiger partial charge is 0.141 e. The number of fused-ring (bicyclic) bond motifs is 1. The van der Waals surface area contributed by atoms with E-state index in [2.05, 4.69) is 47.4 Å². The van der Waals surface area contributed by atoms with E-state index in [4.69, 9.17) is 9.62 Å². The summed E-state index contributed by atoms with van der Waals surface area (Å²) in [5, 5.41) is 10.3. The molecule has 3 aromatic heterocycles. The van der Waals surface area contributed by atoms with Gasteiger partial charge in [0.1, 0.15) is 17.2 Å². The van der Waals surface area contributed by atoms with Crippen molar-refractivity contribution in [2.45, 2.75) is 53.0 Å². The fraction of sp³-hybridized carbons (Fsp3) is 0.267. The van der Waals surface area contributed by atoms with Gasteiger partial charge in [-0.15, -0.1) is 0 Å². The normalized spacial score (nSPS) is 12.7. The molecule has 0 N–H and O–H groups in total. The Morgan fingerprint density at radius 1 is 1.00 bits per heavy atom. The summed E-state index contributed by atoms with van der Waals surface area (Å²) in [4.78, 5) is 16.7. The van der Waals surface area contributed by atoms with Gasteiger partial charge < -0.3 is 4.52 Å². The van der Waals surface area contributed by atoms with Gasteiger partial charge in [0.2, 0.25) is 0 Å². The first-order valence-corrected chi connectivity index (χ1v) is 12.2. The number of ketones is 1. The summed E-state index contributed by atoms with van der Waals surface area (Å²) in [6.45, 7) is 11.6. The molecule has 0 aliphatic heterocycles. The molecule has 0 fully saturated rings. The second-order valence-corrected chi connectivity index (χ2v) is 9.91. The van der Waals surface area contributed by atoms with Crippen molar-refractivity contribution in [3.05, 3.63) is 89.6 Å². The van der Waals surface area contributed by atoms with Crippen LogP contribution in [0.3, 0.4) is 0 Å². The average molecular weight is 479 g/mol. The van der Waals surface area contributed by atoms with Crippen LogP contribution in [0.4, 0.5) is 0 Å². The maximum Gasteiger partial charge on any atom is 0.141 e. The van der Waals surface area contributed by atoms with Crippen molar-refractivity contribution in [3.63, 3.8) is 0 Å². The van der Waals surface area contributed by atoms with Crippen molar-refractivity contribution >= 4 is 16.7 Å². The molecule has 2 aromatic carbocycles. The Morgan fingerprint density at radius 2 is 1.72 bits per heavy atom. The summed E-state index contributed by atoms with van der Waals surface area (Å²) >= 11 is 0. The molecular formula is C30H30N4O2. The minimum Gasteiger partial charge on any atom is -0.361 e. The SMILES string of the molecule is CC(=O)C(C)(C)c1ccc(-c2nn([C@@H](C)c3ccccn3)c3cc(-c4c(C)noc4C)ccc23)cc1. The van der Waals surface area contributed by atoms with E-state index in [1.807, 2.05) is 68.9 Å². The fourth-order valence-corrected chi connectivity index (χ4v) is 4.69. The van der Waals surface area contributed by atoms with E-state index < -0.39 is 5.41 Å². The summed E-state index contributed by atoms with van der Waals surface area (Å²) in [5.74, 6) is 0.931. The number of aryl methyl sites for hydroxylation is 2. The van der Waals surface area contributed by atoms with E-state index in [0.29, 0.717) is 0 Å². The highest BCUT2D eigenvalue weighted by Crippen LogP contribution is 2.36. The molecule has 0 amide bonds. The van der Waals surface area contributed by atoms with Crippen molar-refractivity contribution in [2.24, 2.45) is 0 Å². The van der Waals surface area contributed by atoms with Crippen LogP contribution in [0.5, 0.6) is 0 Å². The van der Waals surface area contributed by atoms with Crippen molar-refractivity contribution < 1.29 is 9.32 Å². The molecule has 6 heteroatoms. The van der Waals surface area contributed by atoms with Gasteiger partial charge in [-0.3, -0.25) is 14.5 Å². The van der Waals surface area contributed by atoms with Crippen molar-refractivity contribution in [2.75, 3.05) is 0 Å². The molecule has 0 spiro atoms. The van der Waals surface area contributed by atoms with Crippen LogP contribution in [0.25, 0.3) is 33.3 Å². The van der Waals surface area contributed by atoms with Crippen LogP contribution < -0.4 is 0 Å². The highest BCUT2D eigenvalue weighted by atomic mass is 16.5. The Kier molecular flexibility index (Phi) is 5.83. The number of Topliss-reactive ketones (excluding diaryl/α,β-unsaturated/α-hetero) is 1. The van der Waals surface area contributed by atoms with Crippen LogP contribution in [0.15, 0.2) is 71.4 Å². The summed E-state index contributed by atoms with van der Waals surface area (Å²) in [7, 11) is 0. The van der Waals surface area contributed by atoms with Gasteiger partial charge in [-0.1, -0.05) is 41.6 Å². The van der Waals surface area contributed by atoms with E-state index >= 15 is 0 Å². The number of carbonyl (C=O) groups is 1. The Morgan fingerprint density at radius 3 is 2.33 bits per heavy atom. The monoisotopic (exact) mass is 478 g/mol. The van der Waals surface area contributed by atoms with Gasteiger partial charge in [0.25, 0.3) is 0 Å². The Labute approximate surface area is 211 Å². The number of aromatic nitrogens is 4. The first kappa shape index (κ1) is 23.7. The van der Waals surface area contributed by atoms with Gasteiger partial charge in [-0.25, -0.2) is 0 Å². The highest BCUT2D eigenvalue weighted by molar-refractivity contribution is 5.96. The van der Waals surface area contributed by atoms with Gasteiger partial charge in [-0.2, -0.15) is 5.10 Å². The van der Waals surface area contributed by atoms with Crippen LogP contribution in [0.1, 0.15) is 56.4 Å². The Bertz CT molecular complexity index is 1540. The van der Waals surface area contributed by atoms with Crippen molar-refractivity contribution in [3.8, 4) is 22.4 Å². The number of pyridine rings is 1. The lowest BCUT2D eigenvalue weighted by molar-refractivity contribution is -0.121. The average Bonchev–Trinajstić information content (AvgIpc) is 3.43. The fourth-order valence-electron chi connectivity index (χ4n) is 4.69. The van der Waals surface area contributed by atoms with E-state index in [0.717, 1.165) is 56.0 Å². The predicted octanol–water partition coefficient (Wildman–Crippen LogP) is 6.85. The molecule has 0 radical (unpaired) electrons. The van der Waals surface area contributed by atoms with Crippen LogP contribution in [0.2, 0.25) is 0 Å². The second kappa shape index (κ2) is 8.86. The lowest BCUT2D eigenvalue weighted by Crippen LogP contribution is -2.26. The summed E-state index contributed by atoms with van der Waals surface area (Å²) < 4.78 is 7.48. The van der Waals surface area contributed by atoms with Gasteiger partial charge in [0, 0.05) is 28.1 Å². The minimum atomic E-state index is -0.531. The zero-order chi connectivity index (χ0) is 25.6. The first-order valence-electron chi connectivity index (χ1n) is 12.2. The van der Waals surface area contributed by atoms with Crippen LogP contribution in [0, 0.1) is 13.8 Å². The van der Waals surface area contributed by atoms with Gasteiger partial charge in [-0.05, 0) is 76.9 Å². The molecule has 0 saturated heterocycles. The summed E-state index contributed by atoms with van der Waals surface area (Å²) in [5.41, 5.74) is 7.21. The molecule has 0 saturated carbocycles. The third-order valence-electron chi connectivity index (χ3n) is 7.27. The first-order chi connectivity index (χ1) is 17.2. The lowest BCUT2D eigenvalue weighted by Gasteiger charge is -2.21. The molecule has 182 valence electrons. The largest absolute Gasteiger partial charge is 0.361 e. The number of nitrogens with zero attached hydrogens (tertiary/aromatic N) is 4. The molecule has 0 aliphatic carbocycles. The van der Waals surface area contributed by atoms with Gasteiger partial charge in [0.05, 0.1) is 22.9 Å². The molecule has 5 aromatic rings. The molecule has 1 atom stereocenters. The number of hydrogen-bond acceptors (Lipinski definition) is 5. The second-order valence-electron chi connectivity index (χ2n) is 9.91. The zero-order valence-electron chi connectivity index (χ0n) is 21.5. The minimum absolute atomic E-state index is 0.0710. The predicted molar refractivity (Wildman–Crippen MR) is 142 cm³/mol. The highest BCUT2D eigenvalue weighted by Gasteiger charge is 2.26. The summed E-state index contributed by atoms with van der Waals surface area (Å²) in [6.07, 6.45) is 1.81. The molecule has 3 heterocycles. The number of rotatable bonds is 6. The number of carbonyl (C=O) groups excluding carboxylic acids is 1. The van der Waals surface area contributed by atoms with E-state index in [9.17, 15) is 4.79 Å². The quantitative estimate of drug-likeness (QED) is 0.267.